The summed E-state index contributed by atoms with van der Waals surface area (Å²) in [5, 5.41) is 11.1. The second-order valence-corrected chi connectivity index (χ2v) is 7.51. The number of thiazole rings is 1. The van der Waals surface area contributed by atoms with Gasteiger partial charge >= 0.3 is 0 Å². The van der Waals surface area contributed by atoms with Gasteiger partial charge in [-0.25, -0.2) is 15.0 Å². The molecule has 2 aromatic heterocycles. The summed E-state index contributed by atoms with van der Waals surface area (Å²) in [4.78, 5) is 13.5. The van der Waals surface area contributed by atoms with Gasteiger partial charge in [0.05, 0.1) is 21.4 Å². The number of fused-ring (bicyclic) bond motifs is 1. The van der Waals surface area contributed by atoms with Crippen molar-refractivity contribution in [3.63, 3.8) is 0 Å². The maximum Gasteiger partial charge on any atom is 0.130 e. The summed E-state index contributed by atoms with van der Waals surface area (Å²) < 4.78 is 1.14. The lowest BCUT2D eigenvalue weighted by atomic mass is 10.0. The molecular formula is C21H20N6S. The number of hydrogen-bond donors (Lipinski definition) is 3. The van der Waals surface area contributed by atoms with Crippen molar-refractivity contribution in [3.05, 3.63) is 71.0 Å². The van der Waals surface area contributed by atoms with Gasteiger partial charge < -0.3 is 11.1 Å². The van der Waals surface area contributed by atoms with E-state index in [1.54, 1.807) is 11.3 Å². The molecule has 0 radical (unpaired) electrons. The minimum atomic E-state index is 0.00502. The van der Waals surface area contributed by atoms with Gasteiger partial charge in [0.25, 0.3) is 0 Å². The first-order valence-corrected chi connectivity index (χ1v) is 9.78. The SMILES string of the molecule is Cc1nc(NC(C)c2cccc(C(=N)N)c2)cc(-c2ccc3ncsc3c2)n1. The van der Waals surface area contributed by atoms with Crippen LogP contribution in [0.2, 0.25) is 0 Å². The highest BCUT2D eigenvalue weighted by molar-refractivity contribution is 7.16. The van der Waals surface area contributed by atoms with Crippen molar-refractivity contribution in [2.75, 3.05) is 5.32 Å². The van der Waals surface area contributed by atoms with E-state index in [-0.39, 0.29) is 11.9 Å². The molecule has 0 saturated carbocycles. The first-order valence-electron chi connectivity index (χ1n) is 8.90. The first-order chi connectivity index (χ1) is 13.5. The van der Waals surface area contributed by atoms with Crippen LogP contribution in [0.25, 0.3) is 21.5 Å². The van der Waals surface area contributed by atoms with Crippen LogP contribution in [-0.2, 0) is 0 Å². The van der Waals surface area contributed by atoms with Gasteiger partial charge in [0, 0.05) is 23.2 Å². The molecule has 0 saturated heterocycles. The highest BCUT2D eigenvalue weighted by atomic mass is 32.1. The summed E-state index contributed by atoms with van der Waals surface area (Å²) in [5.41, 5.74) is 12.1. The van der Waals surface area contributed by atoms with E-state index in [0.29, 0.717) is 11.4 Å². The monoisotopic (exact) mass is 388 g/mol. The van der Waals surface area contributed by atoms with Gasteiger partial charge in [-0.05, 0) is 37.6 Å². The summed E-state index contributed by atoms with van der Waals surface area (Å²) >= 11 is 1.62. The zero-order valence-corrected chi connectivity index (χ0v) is 16.4. The van der Waals surface area contributed by atoms with Crippen molar-refractivity contribution in [1.29, 1.82) is 5.41 Å². The molecule has 0 bridgehead atoms. The zero-order chi connectivity index (χ0) is 19.7. The average molecular weight is 389 g/mol. The average Bonchev–Trinajstić information content (AvgIpc) is 3.15. The third-order valence-corrected chi connectivity index (χ3v) is 5.32. The second kappa shape index (κ2) is 7.36. The molecule has 0 aliphatic rings. The number of amidine groups is 1. The maximum absolute atomic E-state index is 7.62. The largest absolute Gasteiger partial charge is 0.384 e. The van der Waals surface area contributed by atoms with E-state index in [2.05, 4.69) is 33.3 Å². The lowest BCUT2D eigenvalue weighted by Crippen LogP contribution is -2.13. The predicted octanol–water partition coefficient (Wildman–Crippen LogP) is 4.52. The topological polar surface area (TPSA) is 101 Å². The number of anilines is 1. The number of nitrogens with zero attached hydrogens (tertiary/aromatic N) is 3. The molecule has 0 spiro atoms. The van der Waals surface area contributed by atoms with Crippen molar-refractivity contribution < 1.29 is 0 Å². The Morgan fingerprint density at radius 2 is 2.00 bits per heavy atom. The molecule has 140 valence electrons. The van der Waals surface area contributed by atoms with E-state index in [9.17, 15) is 0 Å². The van der Waals surface area contributed by atoms with Gasteiger partial charge in [-0.1, -0.05) is 24.3 Å². The first kappa shape index (κ1) is 18.1. The third-order valence-electron chi connectivity index (χ3n) is 4.53. The van der Waals surface area contributed by atoms with Crippen molar-refractivity contribution in [3.8, 4) is 11.3 Å². The van der Waals surface area contributed by atoms with E-state index in [4.69, 9.17) is 11.1 Å². The second-order valence-electron chi connectivity index (χ2n) is 6.63. The van der Waals surface area contributed by atoms with Crippen LogP contribution < -0.4 is 11.1 Å². The van der Waals surface area contributed by atoms with Gasteiger partial charge in [-0.15, -0.1) is 11.3 Å². The fourth-order valence-corrected chi connectivity index (χ4v) is 3.80. The van der Waals surface area contributed by atoms with Crippen LogP contribution in [0.15, 0.2) is 54.0 Å². The molecule has 2 heterocycles. The molecule has 4 rings (SSSR count). The number of nitrogens with one attached hydrogen (secondary N) is 2. The van der Waals surface area contributed by atoms with Crippen LogP contribution in [0.1, 0.15) is 29.9 Å². The Bertz CT molecular complexity index is 1170. The van der Waals surface area contributed by atoms with Crippen molar-refractivity contribution >= 4 is 33.2 Å². The standard InChI is InChI=1S/C21H20N6S/c1-12(14-4-3-5-16(8-14)21(22)23)25-20-10-18(26-13(2)27-20)15-6-7-17-19(9-15)28-11-24-17/h3-12H,1-2H3,(H3,22,23)(H,25,26,27). The van der Waals surface area contributed by atoms with E-state index in [0.717, 1.165) is 32.9 Å². The third kappa shape index (κ3) is 3.70. The Kier molecular flexibility index (Phi) is 4.75. The smallest absolute Gasteiger partial charge is 0.130 e. The van der Waals surface area contributed by atoms with E-state index < -0.39 is 0 Å². The van der Waals surface area contributed by atoms with E-state index in [1.807, 2.05) is 54.9 Å². The summed E-state index contributed by atoms with van der Waals surface area (Å²) in [6, 6.07) is 15.8. The van der Waals surface area contributed by atoms with Gasteiger partial charge in [0.15, 0.2) is 0 Å². The summed E-state index contributed by atoms with van der Waals surface area (Å²) in [7, 11) is 0. The quantitative estimate of drug-likeness (QED) is 0.345. The molecule has 0 aliphatic heterocycles. The fraction of sp³-hybridized carbons (Fsp3) is 0.143. The highest BCUT2D eigenvalue weighted by Crippen LogP contribution is 2.27. The lowest BCUT2D eigenvalue weighted by Gasteiger charge is -2.17. The molecule has 0 amide bonds. The molecule has 6 nitrogen and oxygen atoms in total. The molecule has 4 N–H and O–H groups in total. The van der Waals surface area contributed by atoms with Gasteiger partial charge in [-0.3, -0.25) is 5.41 Å². The minimum Gasteiger partial charge on any atom is -0.384 e. The van der Waals surface area contributed by atoms with Crippen molar-refractivity contribution in [2.45, 2.75) is 19.9 Å². The molecule has 4 aromatic rings. The van der Waals surface area contributed by atoms with Gasteiger partial charge in [0.1, 0.15) is 17.5 Å². The number of aryl methyl sites for hydroxylation is 1. The molecule has 2 aromatic carbocycles. The molecule has 0 aliphatic carbocycles. The number of nitrogen functional groups attached to an aromatic ring is 1. The lowest BCUT2D eigenvalue weighted by molar-refractivity contribution is 0.867. The fourth-order valence-electron chi connectivity index (χ4n) is 3.08. The van der Waals surface area contributed by atoms with Crippen LogP contribution in [0, 0.1) is 12.3 Å². The van der Waals surface area contributed by atoms with Gasteiger partial charge in [-0.2, -0.15) is 0 Å². The molecule has 0 fully saturated rings. The number of benzene rings is 2. The van der Waals surface area contributed by atoms with Gasteiger partial charge in [0.2, 0.25) is 0 Å². The molecule has 7 heteroatoms. The van der Waals surface area contributed by atoms with Crippen LogP contribution >= 0.6 is 11.3 Å². The van der Waals surface area contributed by atoms with Crippen LogP contribution in [0.4, 0.5) is 5.82 Å². The summed E-state index contributed by atoms with van der Waals surface area (Å²) in [6.45, 7) is 3.95. The highest BCUT2D eigenvalue weighted by Gasteiger charge is 2.11. The summed E-state index contributed by atoms with van der Waals surface area (Å²) in [5.74, 6) is 1.52. The van der Waals surface area contributed by atoms with Crippen molar-refractivity contribution in [2.24, 2.45) is 5.73 Å². The number of hydrogen-bond acceptors (Lipinski definition) is 6. The number of rotatable bonds is 5. The number of aromatic nitrogens is 3. The van der Waals surface area contributed by atoms with Crippen LogP contribution in [0.3, 0.4) is 0 Å². The zero-order valence-electron chi connectivity index (χ0n) is 15.6. The molecule has 1 unspecified atom stereocenters. The predicted molar refractivity (Wildman–Crippen MR) is 115 cm³/mol. The number of nitrogens with two attached hydrogens (primary N) is 1. The Morgan fingerprint density at radius 3 is 2.82 bits per heavy atom. The van der Waals surface area contributed by atoms with E-state index in [1.165, 1.54) is 0 Å². The molecule has 1 atom stereocenters. The minimum absolute atomic E-state index is 0.00502. The maximum atomic E-state index is 7.62. The molecular weight excluding hydrogens is 368 g/mol. The molecule has 28 heavy (non-hydrogen) atoms. The Hall–Kier alpha value is -3.32. The van der Waals surface area contributed by atoms with Crippen LogP contribution in [0.5, 0.6) is 0 Å². The van der Waals surface area contributed by atoms with Crippen molar-refractivity contribution in [1.82, 2.24) is 15.0 Å². The van der Waals surface area contributed by atoms with E-state index >= 15 is 0 Å². The van der Waals surface area contributed by atoms with Crippen LogP contribution in [-0.4, -0.2) is 20.8 Å². The Morgan fingerprint density at radius 1 is 1.14 bits per heavy atom. The normalized spacial score (nSPS) is 12.1. The Labute approximate surface area is 167 Å². The Balaban J connectivity index is 1.63. The summed E-state index contributed by atoms with van der Waals surface area (Å²) in [6.07, 6.45) is 0.